The number of aryl methyl sites for hydroxylation is 1. The van der Waals surface area contributed by atoms with Crippen molar-refractivity contribution in [1.82, 2.24) is 9.55 Å². The molecule has 0 spiro atoms. The van der Waals surface area contributed by atoms with Crippen molar-refractivity contribution in [2.45, 2.75) is 31.8 Å². The maximum absolute atomic E-state index is 13.4. The predicted molar refractivity (Wildman–Crippen MR) is 82.8 cm³/mol. The van der Waals surface area contributed by atoms with E-state index in [2.05, 4.69) is 4.98 Å². The second kappa shape index (κ2) is 6.70. The van der Waals surface area contributed by atoms with Crippen molar-refractivity contribution in [3.05, 3.63) is 47.9 Å². The number of hydrogen-bond donors (Lipinski definition) is 1. The summed E-state index contributed by atoms with van der Waals surface area (Å²) in [7, 11) is 0. The number of aromatic nitrogens is 2. The number of hydrogen-bond acceptors (Lipinski definition) is 4. The van der Waals surface area contributed by atoms with Gasteiger partial charge in [-0.25, -0.2) is 19.5 Å². The maximum Gasteiger partial charge on any atom is 0.416 e. The number of benzene rings is 1. The molecular weight excluding hydrogens is 355 g/mol. The quantitative estimate of drug-likeness (QED) is 0.899. The van der Waals surface area contributed by atoms with E-state index in [1.54, 1.807) is 30.3 Å². The Labute approximate surface area is 145 Å². The average molecular weight is 369 g/mol. The van der Waals surface area contributed by atoms with Gasteiger partial charge < -0.3 is 14.4 Å². The number of ether oxygens (including phenoxy) is 1. The predicted octanol–water partition coefficient (Wildman–Crippen LogP) is 3.06. The Balaban J connectivity index is 1.93. The van der Waals surface area contributed by atoms with Gasteiger partial charge in [0.05, 0.1) is 6.33 Å². The van der Waals surface area contributed by atoms with Gasteiger partial charge in [0.1, 0.15) is 12.6 Å². The van der Waals surface area contributed by atoms with Crippen molar-refractivity contribution in [2.24, 2.45) is 0 Å². The number of carboxylic acids is 1. The maximum atomic E-state index is 13.4. The SMILES string of the molecule is O=C(O)c1ncn2c1N(C(=O)OCc1ccccc1)C(C(F)(F)F)CC2. The van der Waals surface area contributed by atoms with Crippen LogP contribution in [0.15, 0.2) is 36.7 Å². The number of imidazole rings is 1. The summed E-state index contributed by atoms with van der Waals surface area (Å²) in [4.78, 5) is 27.7. The zero-order chi connectivity index (χ0) is 18.9. The van der Waals surface area contributed by atoms with Crippen LogP contribution in [-0.4, -0.2) is 38.9 Å². The summed E-state index contributed by atoms with van der Waals surface area (Å²) in [5.74, 6) is -1.95. The van der Waals surface area contributed by atoms with Crippen molar-refractivity contribution < 1.29 is 32.6 Å². The smallest absolute Gasteiger partial charge is 0.416 e. The molecule has 3 rings (SSSR count). The normalized spacial score (nSPS) is 16.9. The minimum Gasteiger partial charge on any atom is -0.476 e. The summed E-state index contributed by atoms with van der Waals surface area (Å²) in [6.45, 7) is -0.348. The van der Waals surface area contributed by atoms with Gasteiger partial charge in [0.25, 0.3) is 0 Å². The largest absolute Gasteiger partial charge is 0.476 e. The van der Waals surface area contributed by atoms with E-state index in [9.17, 15) is 27.9 Å². The van der Waals surface area contributed by atoms with Gasteiger partial charge in [-0.2, -0.15) is 13.2 Å². The number of fused-ring (bicyclic) bond motifs is 1. The molecule has 2 aromatic rings. The second-order valence-electron chi connectivity index (χ2n) is 5.67. The molecule has 0 saturated heterocycles. The Morgan fingerprint density at radius 2 is 1.96 bits per heavy atom. The van der Waals surface area contributed by atoms with E-state index in [1.807, 2.05) is 0 Å². The van der Waals surface area contributed by atoms with Crippen molar-refractivity contribution in [3.8, 4) is 0 Å². The lowest BCUT2D eigenvalue weighted by molar-refractivity contribution is -0.151. The third-order valence-electron chi connectivity index (χ3n) is 3.98. The minimum atomic E-state index is -4.74. The Morgan fingerprint density at radius 1 is 1.27 bits per heavy atom. The van der Waals surface area contributed by atoms with Crippen molar-refractivity contribution in [2.75, 3.05) is 4.90 Å². The van der Waals surface area contributed by atoms with Gasteiger partial charge in [-0.3, -0.25) is 0 Å². The fourth-order valence-corrected chi connectivity index (χ4v) is 2.79. The molecule has 2 heterocycles. The Kier molecular flexibility index (Phi) is 4.58. The number of amides is 1. The molecule has 1 aromatic heterocycles. The lowest BCUT2D eigenvalue weighted by Gasteiger charge is -2.36. The summed E-state index contributed by atoms with van der Waals surface area (Å²) < 4.78 is 46.5. The van der Waals surface area contributed by atoms with E-state index in [1.165, 1.54) is 4.57 Å². The molecular formula is C16H14F3N3O4. The van der Waals surface area contributed by atoms with E-state index in [0.717, 1.165) is 6.33 Å². The molecule has 1 aromatic carbocycles. The van der Waals surface area contributed by atoms with Crippen LogP contribution in [0.25, 0.3) is 0 Å². The molecule has 26 heavy (non-hydrogen) atoms. The van der Waals surface area contributed by atoms with Crippen LogP contribution in [-0.2, 0) is 17.9 Å². The van der Waals surface area contributed by atoms with E-state index < -0.39 is 42.2 Å². The Hall–Kier alpha value is -3.04. The molecule has 1 aliphatic heterocycles. The molecule has 1 atom stereocenters. The molecule has 138 valence electrons. The average Bonchev–Trinajstić information content (AvgIpc) is 3.03. The van der Waals surface area contributed by atoms with E-state index in [4.69, 9.17) is 4.74 Å². The van der Waals surface area contributed by atoms with Gasteiger partial charge in [0, 0.05) is 6.54 Å². The van der Waals surface area contributed by atoms with Crippen LogP contribution < -0.4 is 4.90 Å². The molecule has 1 aliphatic rings. The lowest BCUT2D eigenvalue weighted by atomic mass is 10.1. The van der Waals surface area contributed by atoms with Crippen molar-refractivity contribution >= 4 is 17.9 Å². The highest BCUT2D eigenvalue weighted by molar-refractivity contribution is 5.98. The topological polar surface area (TPSA) is 84.7 Å². The lowest BCUT2D eigenvalue weighted by Crippen LogP contribution is -2.53. The number of nitrogens with zero attached hydrogens (tertiary/aromatic N) is 3. The van der Waals surface area contributed by atoms with Crippen molar-refractivity contribution in [1.29, 1.82) is 0 Å². The molecule has 0 fully saturated rings. The number of carbonyl (C=O) groups is 2. The molecule has 1 unspecified atom stereocenters. The van der Waals surface area contributed by atoms with Gasteiger partial charge in [0.15, 0.2) is 11.5 Å². The van der Waals surface area contributed by atoms with Crippen LogP contribution in [0.1, 0.15) is 22.5 Å². The highest BCUT2D eigenvalue weighted by atomic mass is 19.4. The van der Waals surface area contributed by atoms with E-state index >= 15 is 0 Å². The van der Waals surface area contributed by atoms with Crippen LogP contribution in [0.2, 0.25) is 0 Å². The summed E-state index contributed by atoms with van der Waals surface area (Å²) in [6, 6.07) is 6.25. The molecule has 1 amide bonds. The van der Waals surface area contributed by atoms with Gasteiger partial charge in [0.2, 0.25) is 0 Å². The third kappa shape index (κ3) is 3.35. The molecule has 10 heteroatoms. The van der Waals surface area contributed by atoms with Gasteiger partial charge in [-0.1, -0.05) is 30.3 Å². The number of alkyl halides is 3. The summed E-state index contributed by atoms with van der Waals surface area (Å²) >= 11 is 0. The number of aromatic carboxylic acids is 1. The van der Waals surface area contributed by atoms with Gasteiger partial charge in [-0.05, 0) is 12.0 Å². The number of halogens is 3. The molecule has 1 N–H and O–H groups in total. The second-order valence-corrected chi connectivity index (χ2v) is 5.67. The first-order valence-corrected chi connectivity index (χ1v) is 7.64. The third-order valence-corrected chi connectivity index (χ3v) is 3.98. The first-order chi connectivity index (χ1) is 12.3. The van der Waals surface area contributed by atoms with Crippen LogP contribution in [0.5, 0.6) is 0 Å². The Bertz CT molecular complexity index is 820. The number of carboxylic acid groups (broad SMARTS) is 1. The fourth-order valence-electron chi connectivity index (χ4n) is 2.79. The number of carbonyl (C=O) groups excluding carboxylic acids is 1. The highest BCUT2D eigenvalue weighted by Crippen LogP contribution is 2.37. The zero-order valence-corrected chi connectivity index (χ0v) is 13.3. The summed E-state index contributed by atoms with van der Waals surface area (Å²) in [6.07, 6.45) is -5.34. The van der Waals surface area contributed by atoms with Crippen molar-refractivity contribution in [3.63, 3.8) is 0 Å². The molecule has 7 nitrogen and oxygen atoms in total. The molecule has 0 bridgehead atoms. The van der Waals surface area contributed by atoms with Crippen LogP contribution in [0.3, 0.4) is 0 Å². The first kappa shape index (κ1) is 17.8. The fraction of sp³-hybridized carbons (Fsp3) is 0.312. The van der Waals surface area contributed by atoms with Crippen LogP contribution in [0, 0.1) is 0 Å². The minimum absolute atomic E-state index is 0.109. The van der Waals surface area contributed by atoms with E-state index in [0.29, 0.717) is 10.5 Å². The molecule has 0 aliphatic carbocycles. The first-order valence-electron chi connectivity index (χ1n) is 7.64. The van der Waals surface area contributed by atoms with Gasteiger partial charge >= 0.3 is 18.2 Å². The molecule has 0 radical (unpaired) electrons. The Morgan fingerprint density at radius 3 is 2.58 bits per heavy atom. The van der Waals surface area contributed by atoms with Gasteiger partial charge in [-0.15, -0.1) is 0 Å². The number of rotatable bonds is 3. The van der Waals surface area contributed by atoms with Crippen LogP contribution in [0.4, 0.5) is 23.8 Å². The van der Waals surface area contributed by atoms with Crippen LogP contribution >= 0.6 is 0 Å². The summed E-state index contributed by atoms with van der Waals surface area (Å²) in [5.41, 5.74) is -0.0380. The monoisotopic (exact) mass is 369 g/mol. The van der Waals surface area contributed by atoms with E-state index in [-0.39, 0.29) is 13.2 Å². The zero-order valence-electron chi connectivity index (χ0n) is 13.3. The molecule has 0 saturated carbocycles. The number of anilines is 1. The summed E-state index contributed by atoms with van der Waals surface area (Å²) in [5, 5.41) is 9.19. The standard InChI is InChI=1S/C16H14F3N3O4/c17-16(18,19)11-6-7-21-9-20-12(14(23)24)13(21)22(11)15(25)26-8-10-4-2-1-3-5-10/h1-5,9,11H,6-8H2,(H,23,24). The highest BCUT2D eigenvalue weighted by Gasteiger charge is 2.50.